The summed E-state index contributed by atoms with van der Waals surface area (Å²) in [4.78, 5) is 43.9. The zero-order valence-electron chi connectivity index (χ0n) is 19.2. The van der Waals surface area contributed by atoms with Crippen molar-refractivity contribution in [2.24, 2.45) is 11.8 Å². The van der Waals surface area contributed by atoms with Crippen LogP contribution in [0, 0.1) is 11.8 Å². The molecule has 32 heavy (non-hydrogen) atoms. The Morgan fingerprint density at radius 2 is 1.84 bits per heavy atom. The van der Waals surface area contributed by atoms with Crippen LogP contribution in [0.5, 0.6) is 0 Å². The van der Waals surface area contributed by atoms with Gasteiger partial charge in [0, 0.05) is 25.2 Å². The summed E-state index contributed by atoms with van der Waals surface area (Å²) in [6, 6.07) is -0.816. The van der Waals surface area contributed by atoms with E-state index in [9.17, 15) is 14.4 Å². The summed E-state index contributed by atoms with van der Waals surface area (Å²) in [7, 11) is 0. The van der Waals surface area contributed by atoms with Crippen LogP contribution in [0.2, 0.25) is 0 Å². The molecule has 8 nitrogen and oxygen atoms in total. The molecule has 1 N–H and O–H groups in total. The van der Waals surface area contributed by atoms with Crippen LogP contribution in [-0.4, -0.2) is 82.3 Å². The van der Waals surface area contributed by atoms with E-state index in [1.165, 1.54) is 0 Å². The van der Waals surface area contributed by atoms with Gasteiger partial charge in [0.15, 0.2) is 0 Å². The number of carbonyl (C=O) groups excluding carboxylic acids is 3. The molecule has 2 amide bonds. The zero-order chi connectivity index (χ0) is 23.1. The Hall–Kier alpha value is -2.19. The number of ether oxygens (including phenoxy) is 2. The molecule has 4 rings (SSSR count). The molecule has 1 unspecified atom stereocenters. The van der Waals surface area contributed by atoms with Crippen LogP contribution in [0.4, 0.5) is 0 Å². The van der Waals surface area contributed by atoms with E-state index in [2.05, 4.69) is 0 Å². The third-order valence-corrected chi connectivity index (χ3v) is 7.03. The predicted octanol–water partition coefficient (Wildman–Crippen LogP) is 1.43. The third-order valence-electron chi connectivity index (χ3n) is 7.03. The van der Waals surface area contributed by atoms with Gasteiger partial charge in [0.05, 0.1) is 12.0 Å². The first kappa shape index (κ1) is 23.0. The summed E-state index contributed by atoms with van der Waals surface area (Å²) in [5, 5.41) is 9.02. The van der Waals surface area contributed by atoms with E-state index in [-0.39, 0.29) is 25.0 Å². The quantitative estimate of drug-likeness (QED) is 0.377. The summed E-state index contributed by atoms with van der Waals surface area (Å²) >= 11 is 0. The van der Waals surface area contributed by atoms with Crippen LogP contribution in [0.15, 0.2) is 24.3 Å². The normalized spacial score (nSPS) is 34.2. The molecule has 0 aromatic carbocycles. The van der Waals surface area contributed by atoms with Crippen LogP contribution in [0.25, 0.3) is 0 Å². The van der Waals surface area contributed by atoms with Gasteiger partial charge in [-0.25, -0.2) is 0 Å². The van der Waals surface area contributed by atoms with Crippen molar-refractivity contribution in [3.05, 3.63) is 24.3 Å². The highest BCUT2D eigenvalue weighted by Gasteiger charge is 2.72. The maximum atomic E-state index is 13.9. The number of hydrogen-bond donors (Lipinski definition) is 1. The second-order valence-corrected chi connectivity index (χ2v) is 10.1. The lowest BCUT2D eigenvalue weighted by molar-refractivity contribution is -0.154. The number of aliphatic hydroxyl groups is 1. The number of fused-ring (bicyclic) bond motifs is 2. The van der Waals surface area contributed by atoms with Crippen molar-refractivity contribution in [2.45, 2.75) is 69.7 Å². The summed E-state index contributed by atoms with van der Waals surface area (Å²) in [5.74, 6) is -2.36. The molecule has 176 valence electrons. The zero-order valence-corrected chi connectivity index (χ0v) is 19.2. The van der Waals surface area contributed by atoms with Crippen LogP contribution in [0.1, 0.15) is 46.5 Å². The second kappa shape index (κ2) is 8.63. The Bertz CT molecular complexity index is 831. The molecular formula is C24H34N2O6. The molecule has 0 aromatic rings. The fraction of sp³-hybridized carbons (Fsp3) is 0.708. The molecule has 0 aromatic heterocycles. The standard InChI is InChI=1S/C24H34N2O6/c1-23(2,3)26-13-9-11-24-18(17-16(32-24)10-8-15-31-22(17)30)20(28)25(19(24)21(26)29)12-6-4-5-7-14-27/h8-11,16-19,27H,4-7,12-15H2,1-3H3/t16-,17+,18+,19?,24+/m1/s1. The lowest BCUT2D eigenvalue weighted by Crippen LogP contribution is -2.58. The van der Waals surface area contributed by atoms with Gasteiger partial charge in [0.25, 0.3) is 0 Å². The van der Waals surface area contributed by atoms with Gasteiger partial charge in [-0.05, 0) is 39.7 Å². The van der Waals surface area contributed by atoms with Gasteiger partial charge < -0.3 is 24.4 Å². The minimum Gasteiger partial charge on any atom is -0.461 e. The van der Waals surface area contributed by atoms with E-state index in [1.807, 2.05) is 32.9 Å². The SMILES string of the molecule is CC(C)(C)N1CC=C[C@]23O[C@@H]4C=CCOC(=O)[C@@H]4[C@H]2C(=O)N(CCCCCCO)C3C1=O. The molecule has 0 saturated carbocycles. The van der Waals surface area contributed by atoms with Gasteiger partial charge in [-0.1, -0.05) is 31.1 Å². The van der Waals surface area contributed by atoms with Crippen molar-refractivity contribution in [3.8, 4) is 0 Å². The number of carbonyl (C=O) groups is 3. The highest BCUT2D eigenvalue weighted by molar-refractivity contribution is 5.99. The van der Waals surface area contributed by atoms with Crippen molar-refractivity contribution in [2.75, 3.05) is 26.3 Å². The lowest BCUT2D eigenvalue weighted by Gasteiger charge is -2.40. The van der Waals surface area contributed by atoms with Gasteiger partial charge in [-0.3, -0.25) is 14.4 Å². The van der Waals surface area contributed by atoms with E-state index < -0.39 is 41.1 Å². The van der Waals surface area contributed by atoms with E-state index >= 15 is 0 Å². The highest BCUT2D eigenvalue weighted by atomic mass is 16.6. The van der Waals surface area contributed by atoms with Gasteiger partial charge in [0.1, 0.15) is 24.2 Å². The summed E-state index contributed by atoms with van der Waals surface area (Å²) in [6.07, 6.45) is 9.83. The molecule has 0 radical (unpaired) electrons. The molecule has 0 aliphatic carbocycles. The molecule has 4 heterocycles. The van der Waals surface area contributed by atoms with E-state index in [1.54, 1.807) is 22.0 Å². The predicted molar refractivity (Wildman–Crippen MR) is 116 cm³/mol. The number of unbranched alkanes of at least 4 members (excludes halogenated alkanes) is 3. The van der Waals surface area contributed by atoms with Crippen molar-refractivity contribution >= 4 is 17.8 Å². The number of rotatable bonds is 6. The molecule has 2 saturated heterocycles. The fourth-order valence-electron chi connectivity index (χ4n) is 5.56. The Kier molecular flexibility index (Phi) is 6.20. The first-order valence-electron chi connectivity index (χ1n) is 11.6. The van der Waals surface area contributed by atoms with Crippen LogP contribution in [-0.2, 0) is 23.9 Å². The molecule has 0 bridgehead atoms. The number of likely N-dealkylation sites (tertiary alicyclic amines) is 1. The topological polar surface area (TPSA) is 96.4 Å². The number of nitrogens with zero attached hydrogens (tertiary/aromatic N) is 2. The van der Waals surface area contributed by atoms with Crippen molar-refractivity contribution in [1.29, 1.82) is 0 Å². The number of hydrogen-bond acceptors (Lipinski definition) is 6. The number of amides is 2. The Morgan fingerprint density at radius 1 is 1.09 bits per heavy atom. The number of cyclic esters (lactones) is 1. The van der Waals surface area contributed by atoms with Gasteiger partial charge >= 0.3 is 5.97 Å². The third kappa shape index (κ3) is 3.67. The maximum Gasteiger partial charge on any atom is 0.313 e. The largest absolute Gasteiger partial charge is 0.461 e. The van der Waals surface area contributed by atoms with Crippen LogP contribution < -0.4 is 0 Å². The number of esters is 1. The molecule has 4 aliphatic rings. The fourth-order valence-corrected chi connectivity index (χ4v) is 5.56. The number of aliphatic hydroxyl groups excluding tert-OH is 1. The van der Waals surface area contributed by atoms with Crippen molar-refractivity contribution in [3.63, 3.8) is 0 Å². The average molecular weight is 447 g/mol. The molecular weight excluding hydrogens is 412 g/mol. The Balaban J connectivity index is 1.72. The minimum absolute atomic E-state index is 0.146. The van der Waals surface area contributed by atoms with Gasteiger partial charge in [-0.2, -0.15) is 0 Å². The first-order chi connectivity index (χ1) is 15.2. The van der Waals surface area contributed by atoms with E-state index in [0.29, 0.717) is 19.5 Å². The van der Waals surface area contributed by atoms with Crippen LogP contribution >= 0.6 is 0 Å². The highest BCUT2D eigenvalue weighted by Crippen LogP contribution is 2.53. The average Bonchev–Trinajstić information content (AvgIpc) is 3.01. The van der Waals surface area contributed by atoms with Gasteiger partial charge in [0.2, 0.25) is 11.8 Å². The summed E-state index contributed by atoms with van der Waals surface area (Å²) < 4.78 is 11.8. The van der Waals surface area contributed by atoms with E-state index in [4.69, 9.17) is 14.6 Å². The van der Waals surface area contributed by atoms with E-state index in [0.717, 1.165) is 19.3 Å². The molecule has 4 aliphatic heterocycles. The Morgan fingerprint density at radius 3 is 2.56 bits per heavy atom. The second-order valence-electron chi connectivity index (χ2n) is 10.1. The van der Waals surface area contributed by atoms with Crippen molar-refractivity contribution < 1.29 is 29.0 Å². The Labute approximate surface area is 189 Å². The lowest BCUT2D eigenvalue weighted by atomic mass is 9.78. The summed E-state index contributed by atoms with van der Waals surface area (Å²) in [5.41, 5.74) is -1.61. The molecule has 8 heteroatoms. The van der Waals surface area contributed by atoms with Gasteiger partial charge in [-0.15, -0.1) is 0 Å². The molecule has 2 fully saturated rings. The van der Waals surface area contributed by atoms with Crippen molar-refractivity contribution in [1.82, 2.24) is 9.80 Å². The summed E-state index contributed by atoms with van der Waals surface area (Å²) in [6.45, 7) is 7.07. The molecule has 1 spiro atoms. The molecule has 5 atom stereocenters. The first-order valence-corrected chi connectivity index (χ1v) is 11.6. The maximum absolute atomic E-state index is 13.9. The van der Waals surface area contributed by atoms with Crippen LogP contribution in [0.3, 0.4) is 0 Å². The smallest absolute Gasteiger partial charge is 0.313 e. The minimum atomic E-state index is -1.19. The monoisotopic (exact) mass is 446 g/mol.